The van der Waals surface area contributed by atoms with Crippen LogP contribution in [0.4, 0.5) is 17.3 Å². The second-order valence-electron chi connectivity index (χ2n) is 7.28. The van der Waals surface area contributed by atoms with E-state index < -0.39 is 4.92 Å². The van der Waals surface area contributed by atoms with Gasteiger partial charge in [0.05, 0.1) is 27.8 Å². The van der Waals surface area contributed by atoms with Gasteiger partial charge in [-0.3, -0.25) is 15.1 Å². The Hall–Kier alpha value is -4.14. The number of hydrogen-bond acceptors (Lipinski definition) is 8. The minimum absolute atomic E-state index is 0.0382. The Morgan fingerprint density at radius 3 is 2.26 bits per heavy atom. The molecule has 2 aromatic carbocycles. The zero-order valence-electron chi connectivity index (χ0n) is 16.6. The van der Waals surface area contributed by atoms with Gasteiger partial charge in [-0.2, -0.15) is 0 Å². The Morgan fingerprint density at radius 2 is 1.55 bits per heavy atom. The number of para-hydroxylation sites is 2. The van der Waals surface area contributed by atoms with Crippen molar-refractivity contribution in [3.05, 3.63) is 77.0 Å². The molecule has 1 aliphatic heterocycles. The van der Waals surface area contributed by atoms with Crippen molar-refractivity contribution in [1.82, 2.24) is 20.2 Å². The van der Waals surface area contributed by atoms with E-state index in [4.69, 9.17) is 4.98 Å². The minimum Gasteiger partial charge on any atom is -0.352 e. The molecule has 9 nitrogen and oxygen atoms in total. The van der Waals surface area contributed by atoms with E-state index in [2.05, 4.69) is 25.0 Å². The van der Waals surface area contributed by atoms with Crippen LogP contribution in [-0.2, 0) is 0 Å². The fourth-order valence-corrected chi connectivity index (χ4v) is 3.69. The highest BCUT2D eigenvalue weighted by Gasteiger charge is 2.20. The van der Waals surface area contributed by atoms with Crippen LogP contribution in [0, 0.1) is 10.1 Å². The molecule has 0 unspecified atom stereocenters. The van der Waals surface area contributed by atoms with Crippen molar-refractivity contribution in [2.45, 2.75) is 0 Å². The summed E-state index contributed by atoms with van der Waals surface area (Å²) in [6.07, 6.45) is 1.83. The number of nitro benzene ring substituents is 1. The molecule has 3 heterocycles. The summed E-state index contributed by atoms with van der Waals surface area (Å²) in [5.41, 5.74) is 3.11. The van der Waals surface area contributed by atoms with Crippen molar-refractivity contribution in [3.63, 3.8) is 0 Å². The third-order valence-corrected chi connectivity index (χ3v) is 5.37. The lowest BCUT2D eigenvalue weighted by Crippen LogP contribution is -2.47. The first-order chi connectivity index (χ1) is 15.2. The van der Waals surface area contributed by atoms with Crippen LogP contribution in [0.25, 0.3) is 22.3 Å². The Morgan fingerprint density at radius 1 is 0.806 bits per heavy atom. The number of nitro groups is 1. The van der Waals surface area contributed by atoms with Crippen LogP contribution < -0.4 is 9.80 Å². The lowest BCUT2D eigenvalue weighted by atomic mass is 10.1. The zero-order valence-corrected chi connectivity index (χ0v) is 16.6. The third-order valence-electron chi connectivity index (χ3n) is 5.37. The summed E-state index contributed by atoms with van der Waals surface area (Å²) in [5.74, 6) is 1.67. The van der Waals surface area contributed by atoms with Crippen LogP contribution in [-0.4, -0.2) is 51.3 Å². The second kappa shape index (κ2) is 7.94. The summed E-state index contributed by atoms with van der Waals surface area (Å²) in [5, 5.41) is 19.6. The predicted octanol–water partition coefficient (Wildman–Crippen LogP) is 3.32. The van der Waals surface area contributed by atoms with Gasteiger partial charge in [-0.25, -0.2) is 4.98 Å². The number of piperazine rings is 1. The number of anilines is 2. The van der Waals surface area contributed by atoms with Crippen molar-refractivity contribution in [1.29, 1.82) is 0 Å². The van der Waals surface area contributed by atoms with Gasteiger partial charge in [-0.15, -0.1) is 10.2 Å². The fourth-order valence-electron chi connectivity index (χ4n) is 3.69. The molecule has 0 N–H and O–H groups in total. The fraction of sp³-hybridized carbons (Fsp3) is 0.182. The van der Waals surface area contributed by atoms with Gasteiger partial charge in [0, 0.05) is 43.9 Å². The van der Waals surface area contributed by atoms with Gasteiger partial charge in [0.25, 0.3) is 5.69 Å². The molecule has 1 aliphatic rings. The van der Waals surface area contributed by atoms with Gasteiger partial charge in [0.2, 0.25) is 0 Å². The summed E-state index contributed by atoms with van der Waals surface area (Å²) in [6.45, 7) is 3.20. The van der Waals surface area contributed by atoms with Gasteiger partial charge in [-0.1, -0.05) is 24.3 Å². The molecule has 0 atom stereocenters. The smallest absolute Gasteiger partial charge is 0.270 e. The van der Waals surface area contributed by atoms with Crippen LogP contribution in [0.3, 0.4) is 0 Å². The average Bonchev–Trinajstić information content (AvgIpc) is 2.84. The molecule has 0 aliphatic carbocycles. The molecule has 4 aromatic rings. The van der Waals surface area contributed by atoms with Crippen molar-refractivity contribution < 1.29 is 4.92 Å². The van der Waals surface area contributed by atoms with Gasteiger partial charge < -0.3 is 9.80 Å². The van der Waals surface area contributed by atoms with Crippen molar-refractivity contribution in [2.75, 3.05) is 36.0 Å². The summed E-state index contributed by atoms with van der Waals surface area (Å²) >= 11 is 0. The standard InChI is InChI=1S/C22H19N7O2/c30-29(31)17-5-3-4-16(14-17)18-8-9-21(26-25-18)27-10-12-28(13-11-27)22-15-23-19-6-1-2-7-20(19)24-22/h1-9,14-15H,10-13H2. The maximum atomic E-state index is 11.0. The summed E-state index contributed by atoms with van der Waals surface area (Å²) in [4.78, 5) is 24.2. The van der Waals surface area contributed by atoms with E-state index in [0.29, 0.717) is 11.3 Å². The number of benzene rings is 2. The van der Waals surface area contributed by atoms with E-state index in [1.54, 1.807) is 12.1 Å². The Balaban J connectivity index is 1.27. The van der Waals surface area contributed by atoms with Gasteiger partial charge in [-0.05, 0) is 24.3 Å². The highest BCUT2D eigenvalue weighted by molar-refractivity contribution is 5.75. The molecule has 0 saturated carbocycles. The Labute approximate surface area is 178 Å². The highest BCUT2D eigenvalue weighted by Crippen LogP contribution is 2.24. The summed E-state index contributed by atoms with van der Waals surface area (Å²) in [7, 11) is 0. The molecule has 9 heteroatoms. The SMILES string of the molecule is O=[N+]([O-])c1cccc(-c2ccc(N3CCN(c4cnc5ccccc5n4)CC3)nn2)c1. The van der Waals surface area contributed by atoms with Gasteiger partial charge in [0.1, 0.15) is 5.82 Å². The summed E-state index contributed by atoms with van der Waals surface area (Å²) < 4.78 is 0. The topological polar surface area (TPSA) is 101 Å². The van der Waals surface area contributed by atoms with E-state index in [0.717, 1.165) is 48.8 Å². The van der Waals surface area contributed by atoms with Gasteiger partial charge in [0.15, 0.2) is 5.82 Å². The largest absolute Gasteiger partial charge is 0.352 e. The first-order valence-corrected chi connectivity index (χ1v) is 9.98. The monoisotopic (exact) mass is 413 g/mol. The maximum Gasteiger partial charge on any atom is 0.270 e. The normalized spacial score (nSPS) is 14.1. The maximum absolute atomic E-state index is 11.0. The number of fused-ring (bicyclic) bond motifs is 1. The first kappa shape index (κ1) is 18.9. The van der Waals surface area contributed by atoms with Crippen LogP contribution in [0.15, 0.2) is 66.9 Å². The molecule has 5 rings (SSSR count). The van der Waals surface area contributed by atoms with E-state index in [1.807, 2.05) is 42.6 Å². The molecule has 2 aromatic heterocycles. The van der Waals surface area contributed by atoms with Gasteiger partial charge >= 0.3 is 0 Å². The molecular weight excluding hydrogens is 394 g/mol. The number of hydrogen-bond donors (Lipinski definition) is 0. The third kappa shape index (κ3) is 3.85. The molecule has 0 spiro atoms. The number of nitrogens with zero attached hydrogens (tertiary/aromatic N) is 7. The highest BCUT2D eigenvalue weighted by atomic mass is 16.6. The van der Waals surface area contributed by atoms with Crippen molar-refractivity contribution in [2.24, 2.45) is 0 Å². The molecular formula is C22H19N7O2. The van der Waals surface area contributed by atoms with E-state index >= 15 is 0 Å². The molecule has 1 saturated heterocycles. The number of rotatable bonds is 4. The van der Waals surface area contributed by atoms with Crippen LogP contribution in [0.2, 0.25) is 0 Å². The molecule has 0 bridgehead atoms. The molecule has 1 fully saturated rings. The Kier molecular flexibility index (Phi) is 4.83. The first-order valence-electron chi connectivity index (χ1n) is 9.98. The zero-order chi connectivity index (χ0) is 21.2. The summed E-state index contributed by atoms with van der Waals surface area (Å²) in [6, 6.07) is 18.0. The number of aromatic nitrogens is 4. The van der Waals surface area contributed by atoms with Crippen LogP contribution in [0.5, 0.6) is 0 Å². The molecule has 0 radical (unpaired) electrons. The molecule has 31 heavy (non-hydrogen) atoms. The second-order valence-corrected chi connectivity index (χ2v) is 7.28. The van der Waals surface area contributed by atoms with E-state index in [9.17, 15) is 10.1 Å². The van der Waals surface area contributed by atoms with Crippen molar-refractivity contribution in [3.8, 4) is 11.3 Å². The lowest BCUT2D eigenvalue weighted by molar-refractivity contribution is -0.384. The lowest BCUT2D eigenvalue weighted by Gasteiger charge is -2.35. The van der Waals surface area contributed by atoms with Crippen molar-refractivity contribution >= 4 is 28.4 Å². The average molecular weight is 413 g/mol. The quantitative estimate of drug-likeness (QED) is 0.371. The minimum atomic E-state index is -0.412. The Bertz CT molecular complexity index is 1240. The van der Waals surface area contributed by atoms with E-state index in [1.165, 1.54) is 12.1 Å². The van der Waals surface area contributed by atoms with E-state index in [-0.39, 0.29) is 5.69 Å². The van der Waals surface area contributed by atoms with Crippen LogP contribution >= 0.6 is 0 Å². The molecule has 154 valence electrons. The predicted molar refractivity (Wildman–Crippen MR) is 118 cm³/mol. The van der Waals surface area contributed by atoms with Crippen LogP contribution in [0.1, 0.15) is 0 Å². The number of non-ortho nitro benzene ring substituents is 1. The molecule has 0 amide bonds.